The van der Waals surface area contributed by atoms with Gasteiger partial charge in [-0.25, -0.2) is 14.8 Å². The molecule has 4 aliphatic heterocycles. The Morgan fingerprint density at radius 1 is 0.603 bits per heavy atom. The van der Waals surface area contributed by atoms with Crippen molar-refractivity contribution < 1.29 is 29.1 Å². The van der Waals surface area contributed by atoms with Gasteiger partial charge in [0.2, 0.25) is 0 Å². The van der Waals surface area contributed by atoms with Crippen LogP contribution in [0.2, 0.25) is 0 Å². The molecular formula is C49H62N8O6. The fourth-order valence-electron chi connectivity index (χ4n) is 11.3. The van der Waals surface area contributed by atoms with Crippen LogP contribution >= 0.6 is 0 Å². The lowest BCUT2D eigenvalue weighted by Crippen LogP contribution is -2.47. The summed E-state index contributed by atoms with van der Waals surface area (Å²) < 4.78 is 0. The number of hydrogen-bond donors (Lipinski definition) is 3. The molecule has 2 aromatic heterocycles. The van der Waals surface area contributed by atoms with Crippen molar-refractivity contribution in [3.8, 4) is 11.1 Å². The van der Waals surface area contributed by atoms with Crippen molar-refractivity contribution in [1.82, 2.24) is 40.2 Å². The van der Waals surface area contributed by atoms with Gasteiger partial charge in [-0.3, -0.25) is 19.2 Å². The molecule has 0 spiro atoms. The second-order valence-corrected chi connectivity index (χ2v) is 18.8. The van der Waals surface area contributed by atoms with Gasteiger partial charge in [0.25, 0.3) is 23.6 Å². The molecule has 14 heteroatoms. The van der Waals surface area contributed by atoms with Gasteiger partial charge >= 0.3 is 5.97 Å². The molecule has 4 atom stereocenters. The van der Waals surface area contributed by atoms with E-state index < -0.39 is 23.8 Å². The third kappa shape index (κ3) is 9.67. The van der Waals surface area contributed by atoms with E-state index >= 15 is 0 Å². The Hall–Kier alpha value is -5.21. The van der Waals surface area contributed by atoms with Gasteiger partial charge in [-0.15, -0.1) is 0 Å². The molecular weight excluding hydrogens is 797 g/mol. The Morgan fingerprint density at radius 3 is 1.68 bits per heavy atom. The predicted octanol–water partition coefficient (Wildman–Crippen LogP) is 5.73. The number of aliphatic carboxylic acids is 1. The maximum atomic E-state index is 14.7. The highest BCUT2D eigenvalue weighted by Gasteiger charge is 2.36. The van der Waals surface area contributed by atoms with E-state index in [1.165, 1.54) is 5.56 Å². The summed E-state index contributed by atoms with van der Waals surface area (Å²) in [4.78, 5) is 88.5. The van der Waals surface area contributed by atoms with Crippen LogP contribution in [0, 0.1) is 5.92 Å². The summed E-state index contributed by atoms with van der Waals surface area (Å²) in [5, 5.41) is 16.3. The number of hydrogen-bond acceptors (Lipinski definition) is 9. The van der Waals surface area contributed by atoms with Crippen molar-refractivity contribution in [2.45, 2.75) is 120 Å². The van der Waals surface area contributed by atoms with E-state index in [4.69, 9.17) is 4.98 Å². The van der Waals surface area contributed by atoms with Gasteiger partial charge in [0.05, 0.1) is 6.04 Å². The zero-order chi connectivity index (χ0) is 43.5. The molecule has 0 bridgehead atoms. The number of rotatable bonds is 13. The Balaban J connectivity index is 1.09. The van der Waals surface area contributed by atoms with Crippen LogP contribution in [0.3, 0.4) is 0 Å². The van der Waals surface area contributed by atoms with E-state index in [0.29, 0.717) is 37.1 Å². The van der Waals surface area contributed by atoms with Crippen LogP contribution in [-0.2, 0) is 11.2 Å². The van der Waals surface area contributed by atoms with Gasteiger partial charge in [0.1, 0.15) is 28.8 Å². The molecule has 1 aromatic carbocycles. The number of likely N-dealkylation sites (tertiary alicyclic amines) is 4. The van der Waals surface area contributed by atoms with Gasteiger partial charge in [-0.1, -0.05) is 43.5 Å². The zero-order valence-corrected chi connectivity index (χ0v) is 36.4. The van der Waals surface area contributed by atoms with Crippen LogP contribution in [-0.4, -0.2) is 135 Å². The number of carbonyl (C=O) groups is 5. The van der Waals surface area contributed by atoms with Gasteiger partial charge < -0.3 is 35.3 Å². The van der Waals surface area contributed by atoms with Crippen molar-refractivity contribution in [3.63, 3.8) is 0 Å². The fraction of sp³-hybridized carbons (Fsp3) is 0.571. The summed E-state index contributed by atoms with van der Waals surface area (Å²) in [7, 11) is 0. The zero-order valence-electron chi connectivity index (χ0n) is 36.4. The molecule has 6 aliphatic rings. The van der Waals surface area contributed by atoms with Crippen LogP contribution < -0.4 is 10.6 Å². The number of benzene rings is 1. The Kier molecular flexibility index (Phi) is 13.2. The van der Waals surface area contributed by atoms with E-state index in [-0.39, 0.29) is 58.6 Å². The number of fused-ring (bicyclic) bond motifs is 1. The third-order valence-electron chi connectivity index (χ3n) is 14.6. The predicted molar refractivity (Wildman–Crippen MR) is 237 cm³/mol. The molecule has 5 fully saturated rings. The van der Waals surface area contributed by atoms with Crippen LogP contribution in [0.1, 0.15) is 149 Å². The smallest absolute Gasteiger partial charge is 0.326 e. The topological polar surface area (TPSA) is 168 Å². The highest BCUT2D eigenvalue weighted by Crippen LogP contribution is 2.33. The SMILES string of the molecule is O=C(NC1CCc2ccccc21)c1cc(-c2cc(C(=O)NC(C(=O)O)C3CCCCC3)nc(C(=O)N3CCCC3CN3CCCC3)c2)cc(C(=O)N2CCCC2CN2CCCC2)n1. The molecule has 4 saturated heterocycles. The summed E-state index contributed by atoms with van der Waals surface area (Å²) in [6, 6.07) is 13.2. The number of nitrogens with zero attached hydrogens (tertiary/aromatic N) is 6. The number of pyridine rings is 2. The van der Waals surface area contributed by atoms with E-state index in [1.54, 1.807) is 24.3 Å². The van der Waals surface area contributed by atoms with Crippen LogP contribution in [0.4, 0.5) is 0 Å². The maximum absolute atomic E-state index is 14.7. The Labute approximate surface area is 370 Å². The largest absolute Gasteiger partial charge is 0.480 e. The summed E-state index contributed by atoms with van der Waals surface area (Å²) in [5.41, 5.74) is 3.21. The van der Waals surface area contributed by atoms with Crippen molar-refractivity contribution in [2.24, 2.45) is 5.92 Å². The lowest BCUT2D eigenvalue weighted by molar-refractivity contribution is -0.141. The molecule has 334 valence electrons. The third-order valence-corrected chi connectivity index (χ3v) is 14.6. The van der Waals surface area contributed by atoms with Crippen molar-refractivity contribution >= 4 is 29.6 Å². The number of carboxylic acids is 1. The van der Waals surface area contributed by atoms with Crippen molar-refractivity contribution in [3.05, 3.63) is 82.4 Å². The molecule has 9 rings (SSSR count). The summed E-state index contributed by atoms with van der Waals surface area (Å²) >= 11 is 0. The number of carboxylic acid groups (broad SMARTS) is 1. The lowest BCUT2D eigenvalue weighted by Gasteiger charge is -2.29. The van der Waals surface area contributed by atoms with E-state index in [2.05, 4.69) is 31.5 Å². The average molecular weight is 859 g/mol. The standard InChI is InChI=1S/C49H62N8O6/c58-45(52-39-19-18-32-12-4-5-17-38(32)39)40-26-34(28-42(50-40)47(60)56-24-10-15-36(56)30-54-20-6-7-21-54)35-27-41(46(59)53-44(49(62)63)33-13-2-1-3-14-33)51-43(29-35)48(61)57-25-11-16-37(57)31-55-22-8-9-23-55/h4-5,12,17,26-29,33,36-37,39,44H,1-3,6-11,13-16,18-25,30-31H2,(H,52,58)(H,53,59)(H,62,63). The fourth-order valence-corrected chi connectivity index (χ4v) is 11.3. The summed E-state index contributed by atoms with van der Waals surface area (Å²) in [5.74, 6) is -3.01. The highest BCUT2D eigenvalue weighted by atomic mass is 16.4. The Morgan fingerprint density at radius 2 is 1.13 bits per heavy atom. The van der Waals surface area contributed by atoms with Crippen molar-refractivity contribution in [1.29, 1.82) is 0 Å². The summed E-state index contributed by atoms with van der Waals surface area (Å²) in [6.45, 7) is 6.76. The van der Waals surface area contributed by atoms with Gasteiger partial charge in [0.15, 0.2) is 0 Å². The number of amides is 4. The van der Waals surface area contributed by atoms with Crippen LogP contribution in [0.25, 0.3) is 11.1 Å². The number of aryl methyl sites for hydroxylation is 1. The number of carbonyl (C=O) groups excluding carboxylic acids is 4. The molecule has 0 radical (unpaired) electrons. The van der Waals surface area contributed by atoms with Crippen molar-refractivity contribution in [2.75, 3.05) is 52.4 Å². The molecule has 14 nitrogen and oxygen atoms in total. The first-order chi connectivity index (χ1) is 30.7. The number of nitrogens with one attached hydrogen (secondary N) is 2. The van der Waals surface area contributed by atoms with E-state index in [9.17, 15) is 29.1 Å². The highest BCUT2D eigenvalue weighted by molar-refractivity contribution is 6.01. The molecule has 2 aliphatic carbocycles. The molecule has 63 heavy (non-hydrogen) atoms. The van der Waals surface area contributed by atoms with Gasteiger partial charge in [-0.05, 0) is 156 Å². The maximum Gasteiger partial charge on any atom is 0.326 e. The monoisotopic (exact) mass is 858 g/mol. The first-order valence-corrected chi connectivity index (χ1v) is 23.7. The quantitative estimate of drug-likeness (QED) is 0.193. The number of aromatic nitrogens is 2. The van der Waals surface area contributed by atoms with Crippen LogP contribution in [0.15, 0.2) is 48.5 Å². The van der Waals surface area contributed by atoms with E-state index in [0.717, 1.165) is 128 Å². The Bertz CT molecular complexity index is 2200. The molecule has 3 aromatic rings. The minimum absolute atomic E-state index is 0.00356. The molecule has 6 heterocycles. The minimum Gasteiger partial charge on any atom is -0.480 e. The lowest BCUT2D eigenvalue weighted by atomic mass is 9.84. The average Bonchev–Trinajstić information content (AvgIpc) is 4.18. The normalized spacial score (nSPS) is 23.5. The first kappa shape index (κ1) is 43.1. The summed E-state index contributed by atoms with van der Waals surface area (Å²) in [6.07, 6.45) is 13.9. The molecule has 3 N–H and O–H groups in total. The molecule has 4 unspecified atom stereocenters. The molecule has 1 saturated carbocycles. The first-order valence-electron chi connectivity index (χ1n) is 23.7. The van der Waals surface area contributed by atoms with Gasteiger partial charge in [-0.2, -0.15) is 0 Å². The molecule has 4 amide bonds. The minimum atomic E-state index is -1.11. The van der Waals surface area contributed by atoms with E-state index in [1.807, 2.05) is 28.0 Å². The second kappa shape index (κ2) is 19.3. The van der Waals surface area contributed by atoms with Crippen LogP contribution in [0.5, 0.6) is 0 Å². The van der Waals surface area contributed by atoms with Gasteiger partial charge in [0, 0.05) is 38.3 Å². The second-order valence-electron chi connectivity index (χ2n) is 18.8.